The van der Waals surface area contributed by atoms with Crippen LogP contribution in [0.25, 0.3) is 0 Å². The van der Waals surface area contributed by atoms with Crippen LogP contribution in [0.5, 0.6) is 5.75 Å². The second-order valence-electron chi connectivity index (χ2n) is 7.09. The summed E-state index contributed by atoms with van der Waals surface area (Å²) in [7, 11) is 0. The molecule has 1 saturated heterocycles. The molecule has 150 valence electrons. The first-order valence-corrected chi connectivity index (χ1v) is 9.97. The van der Waals surface area contributed by atoms with E-state index in [4.69, 9.17) is 21.1 Å². The normalized spacial score (nSPS) is 15.8. The van der Waals surface area contributed by atoms with Crippen LogP contribution in [0.3, 0.4) is 0 Å². The second-order valence-corrected chi connectivity index (χ2v) is 7.50. The first kappa shape index (κ1) is 20.6. The van der Waals surface area contributed by atoms with Gasteiger partial charge in [0.1, 0.15) is 5.75 Å². The van der Waals surface area contributed by atoms with Crippen LogP contribution in [0.15, 0.2) is 42.5 Å². The van der Waals surface area contributed by atoms with Gasteiger partial charge in [0.15, 0.2) is 6.10 Å². The number of amides is 1. The molecule has 0 radical (unpaired) electrons. The van der Waals surface area contributed by atoms with E-state index in [1.54, 1.807) is 19.1 Å². The van der Waals surface area contributed by atoms with E-state index in [0.717, 1.165) is 44.0 Å². The number of nitrogens with zero attached hydrogens (tertiary/aromatic N) is 1. The van der Waals surface area contributed by atoms with Gasteiger partial charge in [-0.2, -0.15) is 0 Å². The number of rotatable bonds is 7. The largest absolute Gasteiger partial charge is 0.481 e. The Kier molecular flexibility index (Phi) is 7.31. The highest BCUT2D eigenvalue weighted by atomic mass is 35.5. The number of carbonyl (C=O) groups excluding carboxylic acids is 1. The van der Waals surface area contributed by atoms with Gasteiger partial charge in [0.25, 0.3) is 5.91 Å². The van der Waals surface area contributed by atoms with Crippen molar-refractivity contribution in [1.29, 1.82) is 0 Å². The average molecular weight is 403 g/mol. The maximum atomic E-state index is 12.3. The Bertz CT molecular complexity index is 789. The summed E-state index contributed by atoms with van der Waals surface area (Å²) in [6.07, 6.45) is -0.582. The van der Waals surface area contributed by atoms with Crippen LogP contribution >= 0.6 is 11.6 Å². The summed E-state index contributed by atoms with van der Waals surface area (Å²) in [6, 6.07) is 13.7. The number of morpholine rings is 1. The van der Waals surface area contributed by atoms with Gasteiger partial charge in [-0.15, -0.1) is 0 Å². The third kappa shape index (κ3) is 5.96. The van der Waals surface area contributed by atoms with E-state index >= 15 is 0 Å². The number of aryl methyl sites for hydroxylation is 1. The molecular formula is C22H27ClN2O3. The van der Waals surface area contributed by atoms with Gasteiger partial charge in [0.05, 0.1) is 13.2 Å². The molecule has 0 spiro atoms. The molecule has 0 aliphatic carbocycles. The van der Waals surface area contributed by atoms with Crippen LogP contribution in [-0.2, 0) is 22.6 Å². The highest BCUT2D eigenvalue weighted by molar-refractivity contribution is 6.31. The van der Waals surface area contributed by atoms with Gasteiger partial charge in [0, 0.05) is 31.2 Å². The monoisotopic (exact) mass is 402 g/mol. The number of hydrogen-bond donors (Lipinski definition) is 1. The minimum atomic E-state index is -0.582. The maximum Gasteiger partial charge on any atom is 0.261 e. The van der Waals surface area contributed by atoms with Gasteiger partial charge >= 0.3 is 0 Å². The molecule has 1 atom stereocenters. The van der Waals surface area contributed by atoms with Crippen molar-refractivity contribution in [1.82, 2.24) is 10.2 Å². The number of nitrogens with one attached hydrogen (secondary N) is 1. The van der Waals surface area contributed by atoms with Crippen LogP contribution in [0.1, 0.15) is 23.6 Å². The molecule has 1 N–H and O–H groups in total. The minimum absolute atomic E-state index is 0.148. The van der Waals surface area contributed by atoms with E-state index in [1.165, 1.54) is 5.56 Å². The molecular weight excluding hydrogens is 376 g/mol. The molecule has 2 aromatic rings. The second kappa shape index (κ2) is 9.92. The lowest BCUT2D eigenvalue weighted by Gasteiger charge is -2.26. The zero-order chi connectivity index (χ0) is 19.9. The fourth-order valence-corrected chi connectivity index (χ4v) is 3.18. The van der Waals surface area contributed by atoms with Crippen LogP contribution in [-0.4, -0.2) is 43.2 Å². The Morgan fingerprint density at radius 2 is 1.86 bits per heavy atom. The Labute approximate surface area is 171 Å². The smallest absolute Gasteiger partial charge is 0.261 e. The molecule has 2 aromatic carbocycles. The molecule has 0 bridgehead atoms. The van der Waals surface area contributed by atoms with E-state index in [9.17, 15) is 4.79 Å². The van der Waals surface area contributed by atoms with E-state index < -0.39 is 6.10 Å². The number of halogens is 1. The van der Waals surface area contributed by atoms with Crippen molar-refractivity contribution in [3.05, 3.63) is 64.2 Å². The Morgan fingerprint density at radius 1 is 1.18 bits per heavy atom. The van der Waals surface area contributed by atoms with Crippen molar-refractivity contribution in [2.24, 2.45) is 0 Å². The average Bonchev–Trinajstić information content (AvgIpc) is 2.71. The predicted octanol–water partition coefficient (Wildman–Crippen LogP) is 3.56. The highest BCUT2D eigenvalue weighted by Gasteiger charge is 2.15. The van der Waals surface area contributed by atoms with Crippen molar-refractivity contribution >= 4 is 17.5 Å². The Balaban J connectivity index is 1.46. The summed E-state index contributed by atoms with van der Waals surface area (Å²) in [5.74, 6) is 0.488. The first-order valence-electron chi connectivity index (χ1n) is 9.60. The van der Waals surface area contributed by atoms with Crippen LogP contribution in [0.2, 0.25) is 5.02 Å². The summed E-state index contributed by atoms with van der Waals surface area (Å²) >= 11 is 6.02. The van der Waals surface area contributed by atoms with Crippen molar-refractivity contribution < 1.29 is 14.3 Å². The number of hydrogen-bond acceptors (Lipinski definition) is 4. The standard InChI is InChI=1S/C22H27ClN2O3/c1-16-13-20(7-8-21(16)23)28-17(2)22(26)24-14-18-3-5-19(6-4-18)15-25-9-11-27-12-10-25/h3-8,13,17H,9-12,14-15H2,1-2H3,(H,24,26)/t17-/m0/s1. The molecule has 3 rings (SSSR count). The molecule has 1 amide bonds. The quantitative estimate of drug-likeness (QED) is 0.769. The minimum Gasteiger partial charge on any atom is -0.481 e. The van der Waals surface area contributed by atoms with Gasteiger partial charge in [0.2, 0.25) is 0 Å². The zero-order valence-corrected chi connectivity index (χ0v) is 17.2. The van der Waals surface area contributed by atoms with E-state index in [-0.39, 0.29) is 5.91 Å². The predicted molar refractivity (Wildman–Crippen MR) is 111 cm³/mol. The van der Waals surface area contributed by atoms with E-state index in [0.29, 0.717) is 17.3 Å². The molecule has 0 aromatic heterocycles. The fraction of sp³-hybridized carbons (Fsp3) is 0.409. The molecule has 1 fully saturated rings. The summed E-state index contributed by atoms with van der Waals surface area (Å²) in [4.78, 5) is 14.7. The molecule has 5 nitrogen and oxygen atoms in total. The van der Waals surface area contributed by atoms with Gasteiger partial charge in [-0.1, -0.05) is 35.9 Å². The van der Waals surface area contributed by atoms with Crippen molar-refractivity contribution in [3.8, 4) is 5.75 Å². The van der Waals surface area contributed by atoms with Crippen LogP contribution in [0, 0.1) is 6.92 Å². The van der Waals surface area contributed by atoms with Crippen molar-refractivity contribution in [2.75, 3.05) is 26.3 Å². The zero-order valence-electron chi connectivity index (χ0n) is 16.4. The van der Waals surface area contributed by atoms with Gasteiger partial charge < -0.3 is 14.8 Å². The van der Waals surface area contributed by atoms with Gasteiger partial charge in [-0.25, -0.2) is 0 Å². The highest BCUT2D eigenvalue weighted by Crippen LogP contribution is 2.22. The summed E-state index contributed by atoms with van der Waals surface area (Å²) < 4.78 is 11.1. The molecule has 1 aliphatic heterocycles. The van der Waals surface area contributed by atoms with Crippen molar-refractivity contribution in [3.63, 3.8) is 0 Å². The number of ether oxygens (including phenoxy) is 2. The molecule has 1 aliphatic rings. The summed E-state index contributed by atoms with van der Waals surface area (Å²) in [6.45, 7) is 8.62. The van der Waals surface area contributed by atoms with Gasteiger partial charge in [-0.05, 0) is 48.7 Å². The van der Waals surface area contributed by atoms with E-state index in [2.05, 4.69) is 34.5 Å². The van der Waals surface area contributed by atoms with Gasteiger partial charge in [-0.3, -0.25) is 9.69 Å². The Morgan fingerprint density at radius 3 is 2.54 bits per heavy atom. The van der Waals surface area contributed by atoms with E-state index in [1.807, 2.05) is 13.0 Å². The molecule has 6 heteroatoms. The maximum absolute atomic E-state index is 12.3. The lowest BCUT2D eigenvalue weighted by atomic mass is 10.1. The number of carbonyl (C=O) groups is 1. The lowest BCUT2D eigenvalue weighted by molar-refractivity contribution is -0.127. The lowest BCUT2D eigenvalue weighted by Crippen LogP contribution is -2.36. The molecule has 28 heavy (non-hydrogen) atoms. The summed E-state index contributed by atoms with van der Waals surface area (Å²) in [5.41, 5.74) is 3.25. The third-order valence-corrected chi connectivity index (χ3v) is 5.24. The topological polar surface area (TPSA) is 50.8 Å². The molecule has 0 unspecified atom stereocenters. The fourth-order valence-electron chi connectivity index (χ4n) is 3.06. The van der Waals surface area contributed by atoms with Crippen LogP contribution in [0.4, 0.5) is 0 Å². The number of benzene rings is 2. The third-order valence-electron chi connectivity index (χ3n) is 4.81. The summed E-state index contributed by atoms with van der Waals surface area (Å²) in [5, 5.41) is 3.61. The molecule has 1 heterocycles. The Hall–Kier alpha value is -2.08. The molecule has 0 saturated carbocycles. The van der Waals surface area contributed by atoms with Crippen molar-refractivity contribution in [2.45, 2.75) is 33.0 Å². The first-order chi connectivity index (χ1) is 13.5. The SMILES string of the molecule is Cc1cc(O[C@@H](C)C(=O)NCc2ccc(CN3CCOCC3)cc2)ccc1Cl. The van der Waals surface area contributed by atoms with Crippen LogP contribution < -0.4 is 10.1 Å².